The molecule has 0 bridgehead atoms. The van der Waals surface area contributed by atoms with Gasteiger partial charge in [0.25, 0.3) is 0 Å². The largest absolute Gasteiger partial charge is 0.454 e. The first-order valence-electron chi connectivity index (χ1n) is 16.9. The van der Waals surface area contributed by atoms with Crippen LogP contribution in [0.1, 0.15) is 22.3 Å². The molecule has 0 unspecified atom stereocenters. The Labute approximate surface area is 285 Å². The number of anilines is 3. The van der Waals surface area contributed by atoms with E-state index in [9.17, 15) is 0 Å². The molecule has 0 aliphatic heterocycles. The summed E-state index contributed by atoms with van der Waals surface area (Å²) in [6, 6.07) is 67.7. The zero-order chi connectivity index (χ0) is 32.4. The molecule has 0 N–H and O–H groups in total. The lowest BCUT2D eigenvalue weighted by Crippen LogP contribution is -2.28. The molecule has 49 heavy (non-hydrogen) atoms. The summed E-state index contributed by atoms with van der Waals surface area (Å²) in [5, 5.41) is 4.59. The van der Waals surface area contributed by atoms with Crippen LogP contribution in [0.2, 0.25) is 0 Å². The van der Waals surface area contributed by atoms with Crippen molar-refractivity contribution in [3.8, 4) is 11.1 Å². The molecule has 9 aromatic rings. The third kappa shape index (κ3) is 4.01. The molecule has 1 aliphatic rings. The summed E-state index contributed by atoms with van der Waals surface area (Å²) in [6.07, 6.45) is 0. The van der Waals surface area contributed by atoms with Gasteiger partial charge in [0, 0.05) is 21.8 Å². The highest BCUT2D eigenvalue weighted by Crippen LogP contribution is 2.56. The topological polar surface area (TPSA) is 16.4 Å². The van der Waals surface area contributed by atoms with Crippen LogP contribution >= 0.6 is 0 Å². The number of hydrogen-bond donors (Lipinski definition) is 0. The Morgan fingerprint density at radius 1 is 0.408 bits per heavy atom. The molecule has 1 heterocycles. The Morgan fingerprint density at radius 3 is 1.78 bits per heavy atom. The zero-order valence-corrected chi connectivity index (χ0v) is 26.8. The third-order valence-corrected chi connectivity index (χ3v) is 10.3. The van der Waals surface area contributed by atoms with E-state index in [0.717, 1.165) is 39.0 Å². The first-order chi connectivity index (χ1) is 24.3. The van der Waals surface area contributed by atoms with Gasteiger partial charge in [-0.15, -0.1) is 0 Å². The third-order valence-electron chi connectivity index (χ3n) is 10.3. The first kappa shape index (κ1) is 27.7. The smallest absolute Gasteiger partial charge is 0.159 e. The Kier molecular flexibility index (Phi) is 6.13. The van der Waals surface area contributed by atoms with Gasteiger partial charge in [-0.25, -0.2) is 0 Å². The Bertz CT molecular complexity index is 2620. The average molecular weight is 626 g/mol. The van der Waals surface area contributed by atoms with Crippen LogP contribution in [0, 0.1) is 0 Å². The number of furan rings is 1. The second kappa shape index (κ2) is 10.8. The first-order valence-corrected chi connectivity index (χ1v) is 16.9. The van der Waals surface area contributed by atoms with Gasteiger partial charge in [-0.3, -0.25) is 0 Å². The summed E-state index contributed by atoms with van der Waals surface area (Å²) >= 11 is 0. The second-order valence-corrected chi connectivity index (χ2v) is 12.8. The van der Waals surface area contributed by atoms with E-state index in [1.807, 2.05) is 0 Å². The molecule has 0 atom stereocenters. The standard InChI is InChI=1S/C47H31NO/c1-3-17-33(18-4-1)47(41-25-11-9-22-37(41)38-23-10-12-26-42(38)47)34-29-30-39-40-24-14-28-44(46(40)49-45(39)31-34)48(35-19-5-2-6-20-35)43-27-13-16-32-15-7-8-21-36(32)43/h1-31H. The molecule has 2 nitrogen and oxygen atoms in total. The molecule has 2 heteroatoms. The van der Waals surface area contributed by atoms with E-state index in [1.54, 1.807) is 0 Å². The summed E-state index contributed by atoms with van der Waals surface area (Å²) in [5.41, 5.74) is 12.0. The fourth-order valence-electron chi connectivity index (χ4n) is 8.29. The predicted octanol–water partition coefficient (Wildman–Crippen LogP) is 12.6. The SMILES string of the molecule is c1ccc(N(c2cccc3ccccc23)c2cccc3c2oc2cc(C4(c5ccccc5)c5ccccc5-c5ccccc54)ccc23)cc1. The number of rotatable bonds is 5. The van der Waals surface area contributed by atoms with Gasteiger partial charge in [0.1, 0.15) is 5.58 Å². The van der Waals surface area contributed by atoms with Gasteiger partial charge in [-0.2, -0.15) is 0 Å². The molecular weight excluding hydrogens is 595 g/mol. The average Bonchev–Trinajstić information content (AvgIpc) is 3.70. The highest BCUT2D eigenvalue weighted by atomic mass is 16.3. The van der Waals surface area contributed by atoms with E-state index in [4.69, 9.17) is 4.42 Å². The van der Waals surface area contributed by atoms with E-state index < -0.39 is 5.41 Å². The van der Waals surface area contributed by atoms with Crippen LogP contribution in [0.25, 0.3) is 43.8 Å². The fourth-order valence-corrected chi connectivity index (χ4v) is 8.29. The van der Waals surface area contributed by atoms with Gasteiger partial charge in [-0.05, 0) is 69.1 Å². The minimum Gasteiger partial charge on any atom is -0.454 e. The maximum atomic E-state index is 7.03. The number of fused-ring (bicyclic) bond motifs is 7. The van der Waals surface area contributed by atoms with Crippen LogP contribution < -0.4 is 4.90 Å². The molecule has 1 aliphatic carbocycles. The van der Waals surface area contributed by atoms with E-state index in [1.165, 1.54) is 44.2 Å². The summed E-state index contributed by atoms with van der Waals surface area (Å²) < 4.78 is 7.03. The summed E-state index contributed by atoms with van der Waals surface area (Å²) in [7, 11) is 0. The van der Waals surface area contributed by atoms with Gasteiger partial charge < -0.3 is 9.32 Å². The predicted molar refractivity (Wildman–Crippen MR) is 203 cm³/mol. The number of hydrogen-bond acceptors (Lipinski definition) is 2. The molecular formula is C47H31NO. The summed E-state index contributed by atoms with van der Waals surface area (Å²) in [5.74, 6) is 0. The Balaban J connectivity index is 1.24. The lowest BCUT2D eigenvalue weighted by Gasteiger charge is -2.33. The maximum Gasteiger partial charge on any atom is 0.159 e. The Morgan fingerprint density at radius 2 is 1.00 bits per heavy atom. The molecule has 0 radical (unpaired) electrons. The lowest BCUT2D eigenvalue weighted by atomic mass is 9.67. The van der Waals surface area contributed by atoms with Crippen molar-refractivity contribution < 1.29 is 4.42 Å². The van der Waals surface area contributed by atoms with E-state index in [2.05, 4.69) is 193 Å². The maximum absolute atomic E-state index is 7.03. The van der Waals surface area contributed by atoms with Crippen LogP contribution in [0.4, 0.5) is 17.1 Å². The van der Waals surface area contributed by atoms with Crippen molar-refractivity contribution in [2.75, 3.05) is 4.90 Å². The van der Waals surface area contributed by atoms with Gasteiger partial charge in [0.05, 0.1) is 16.8 Å². The van der Waals surface area contributed by atoms with Crippen molar-refractivity contribution in [3.63, 3.8) is 0 Å². The monoisotopic (exact) mass is 625 g/mol. The molecule has 0 saturated heterocycles. The van der Waals surface area contributed by atoms with E-state index >= 15 is 0 Å². The highest BCUT2D eigenvalue weighted by molar-refractivity contribution is 6.12. The van der Waals surface area contributed by atoms with Crippen molar-refractivity contribution in [2.24, 2.45) is 0 Å². The van der Waals surface area contributed by atoms with Crippen LogP contribution in [0.3, 0.4) is 0 Å². The fraction of sp³-hybridized carbons (Fsp3) is 0.0213. The minimum absolute atomic E-state index is 0.483. The van der Waals surface area contributed by atoms with Crippen LogP contribution in [0.5, 0.6) is 0 Å². The van der Waals surface area contributed by atoms with Crippen molar-refractivity contribution >= 4 is 49.8 Å². The minimum atomic E-state index is -0.483. The van der Waals surface area contributed by atoms with Crippen molar-refractivity contribution in [3.05, 3.63) is 210 Å². The van der Waals surface area contributed by atoms with Crippen LogP contribution in [-0.4, -0.2) is 0 Å². The normalized spacial score (nSPS) is 13.1. The van der Waals surface area contributed by atoms with Crippen molar-refractivity contribution in [2.45, 2.75) is 5.41 Å². The number of benzene rings is 8. The molecule has 1 aromatic heterocycles. The van der Waals surface area contributed by atoms with Crippen molar-refractivity contribution in [1.82, 2.24) is 0 Å². The number of nitrogens with zero attached hydrogens (tertiary/aromatic N) is 1. The molecule has 10 rings (SSSR count). The number of para-hydroxylation sites is 2. The van der Waals surface area contributed by atoms with E-state index in [0.29, 0.717) is 0 Å². The Hall–Kier alpha value is -6.38. The molecule has 8 aromatic carbocycles. The molecule has 0 saturated carbocycles. The van der Waals surface area contributed by atoms with E-state index in [-0.39, 0.29) is 0 Å². The molecule has 0 spiro atoms. The van der Waals surface area contributed by atoms with Gasteiger partial charge in [0.15, 0.2) is 5.58 Å². The van der Waals surface area contributed by atoms with Gasteiger partial charge >= 0.3 is 0 Å². The van der Waals surface area contributed by atoms with Crippen LogP contribution in [0.15, 0.2) is 192 Å². The lowest BCUT2D eigenvalue weighted by molar-refractivity contribution is 0.666. The van der Waals surface area contributed by atoms with Crippen molar-refractivity contribution in [1.29, 1.82) is 0 Å². The van der Waals surface area contributed by atoms with Gasteiger partial charge in [-0.1, -0.05) is 158 Å². The highest BCUT2D eigenvalue weighted by Gasteiger charge is 2.46. The zero-order valence-electron chi connectivity index (χ0n) is 26.8. The summed E-state index contributed by atoms with van der Waals surface area (Å²) in [4.78, 5) is 2.34. The molecule has 0 fully saturated rings. The van der Waals surface area contributed by atoms with Gasteiger partial charge in [0.2, 0.25) is 0 Å². The summed E-state index contributed by atoms with van der Waals surface area (Å²) in [6.45, 7) is 0. The molecule has 230 valence electrons. The quantitative estimate of drug-likeness (QED) is 0.189. The van der Waals surface area contributed by atoms with Crippen LogP contribution in [-0.2, 0) is 5.41 Å². The second-order valence-electron chi connectivity index (χ2n) is 12.8. The molecule has 0 amide bonds.